The zero-order chi connectivity index (χ0) is 19.1. The van der Waals surface area contributed by atoms with Crippen molar-refractivity contribution in [3.8, 4) is 5.75 Å². The zero-order valence-electron chi connectivity index (χ0n) is 16.8. The van der Waals surface area contributed by atoms with Crippen LogP contribution in [-0.2, 0) is 11.2 Å². The molecule has 0 amide bonds. The fourth-order valence-electron chi connectivity index (χ4n) is 3.71. The molecule has 3 heterocycles. The number of nitrogens with zero attached hydrogens (tertiary/aromatic N) is 3. The van der Waals surface area contributed by atoms with Crippen molar-refractivity contribution in [3.63, 3.8) is 0 Å². The Labute approximate surface area is 162 Å². The molecule has 2 aliphatic rings. The molecule has 0 unspecified atom stereocenters. The van der Waals surface area contributed by atoms with E-state index >= 15 is 0 Å². The van der Waals surface area contributed by atoms with E-state index in [2.05, 4.69) is 39.0 Å². The molecule has 2 aliphatic heterocycles. The third kappa shape index (κ3) is 5.21. The van der Waals surface area contributed by atoms with Gasteiger partial charge in [-0.05, 0) is 43.5 Å². The van der Waals surface area contributed by atoms with E-state index in [9.17, 15) is 0 Å². The molecule has 5 heteroatoms. The van der Waals surface area contributed by atoms with Crippen molar-refractivity contribution in [2.45, 2.75) is 20.3 Å². The van der Waals surface area contributed by atoms with Crippen molar-refractivity contribution in [2.75, 3.05) is 57.9 Å². The van der Waals surface area contributed by atoms with Crippen LogP contribution < -0.4 is 9.64 Å². The van der Waals surface area contributed by atoms with Crippen molar-refractivity contribution >= 4 is 5.69 Å². The Morgan fingerprint density at radius 2 is 1.81 bits per heavy atom. The van der Waals surface area contributed by atoms with E-state index < -0.39 is 0 Å². The Kier molecular flexibility index (Phi) is 7.07. The van der Waals surface area contributed by atoms with Crippen LogP contribution in [0.25, 0.3) is 0 Å². The fraction of sp³-hybridized carbons (Fsp3) is 0.500. The number of ether oxygens (including phenoxy) is 2. The van der Waals surface area contributed by atoms with E-state index in [1.165, 1.54) is 24.2 Å². The van der Waals surface area contributed by atoms with E-state index in [-0.39, 0.29) is 0 Å². The standard InChI is InChI=1S/C14H20N2O.C8H11NO/c1-2-4-14-13(3-1)5-6-16(14)8-7-15-9-11-17-12-10-15;1-6-4-5-9-7(2)8(6)10-3/h1-4H,5-12H2;4-5H,1-3H3. The van der Waals surface area contributed by atoms with Crippen LogP contribution in [0.4, 0.5) is 5.69 Å². The highest BCUT2D eigenvalue weighted by Gasteiger charge is 2.19. The zero-order valence-corrected chi connectivity index (χ0v) is 16.8. The van der Waals surface area contributed by atoms with Gasteiger partial charge in [0.05, 0.1) is 26.0 Å². The normalized spacial score (nSPS) is 16.5. The number of hydrogen-bond donors (Lipinski definition) is 0. The summed E-state index contributed by atoms with van der Waals surface area (Å²) < 4.78 is 10.5. The maximum Gasteiger partial charge on any atom is 0.142 e. The molecule has 0 atom stereocenters. The Bertz CT molecular complexity index is 709. The molecule has 1 aromatic heterocycles. The summed E-state index contributed by atoms with van der Waals surface area (Å²) in [6.07, 6.45) is 2.99. The highest BCUT2D eigenvalue weighted by atomic mass is 16.5. The lowest BCUT2D eigenvalue weighted by atomic mass is 10.2. The summed E-state index contributed by atoms with van der Waals surface area (Å²) in [7, 11) is 1.66. The quantitative estimate of drug-likeness (QED) is 0.828. The summed E-state index contributed by atoms with van der Waals surface area (Å²) in [5.74, 6) is 0.891. The van der Waals surface area contributed by atoms with Crippen molar-refractivity contribution < 1.29 is 9.47 Å². The van der Waals surface area contributed by atoms with Gasteiger partial charge >= 0.3 is 0 Å². The van der Waals surface area contributed by atoms with Crippen LogP contribution in [0, 0.1) is 13.8 Å². The Morgan fingerprint density at radius 3 is 2.52 bits per heavy atom. The Morgan fingerprint density at radius 1 is 1.04 bits per heavy atom. The third-order valence-electron chi connectivity index (χ3n) is 5.26. The van der Waals surface area contributed by atoms with Crippen molar-refractivity contribution in [1.29, 1.82) is 0 Å². The van der Waals surface area contributed by atoms with Crippen LogP contribution in [0.3, 0.4) is 0 Å². The minimum Gasteiger partial charge on any atom is -0.495 e. The molecule has 2 aromatic rings. The first kappa shape index (κ1) is 19.6. The molecule has 0 spiro atoms. The topological polar surface area (TPSA) is 37.8 Å². The minimum atomic E-state index is 0.891. The SMILES string of the molecule is COc1c(C)ccnc1C.c1ccc2c(c1)CCN2CCN1CCOCC1. The van der Waals surface area contributed by atoms with Gasteiger partial charge in [-0.15, -0.1) is 0 Å². The second-order valence-corrected chi connectivity index (χ2v) is 7.07. The van der Waals surface area contributed by atoms with Gasteiger partial charge in [0.25, 0.3) is 0 Å². The number of hydrogen-bond acceptors (Lipinski definition) is 5. The third-order valence-corrected chi connectivity index (χ3v) is 5.26. The Balaban J connectivity index is 0.000000180. The lowest BCUT2D eigenvalue weighted by molar-refractivity contribution is 0.0392. The molecule has 0 N–H and O–H groups in total. The van der Waals surface area contributed by atoms with Crippen LogP contribution in [0.15, 0.2) is 36.5 Å². The number of aromatic nitrogens is 1. The van der Waals surface area contributed by atoms with Crippen LogP contribution in [-0.4, -0.2) is 62.9 Å². The molecule has 27 heavy (non-hydrogen) atoms. The van der Waals surface area contributed by atoms with Gasteiger partial charge in [0.2, 0.25) is 0 Å². The van der Waals surface area contributed by atoms with Gasteiger partial charge in [-0.25, -0.2) is 0 Å². The lowest BCUT2D eigenvalue weighted by Gasteiger charge is -2.29. The smallest absolute Gasteiger partial charge is 0.142 e. The van der Waals surface area contributed by atoms with Gasteiger partial charge in [0, 0.05) is 44.6 Å². The number of pyridine rings is 1. The van der Waals surface area contributed by atoms with Crippen LogP contribution in [0.2, 0.25) is 0 Å². The predicted octanol–water partition coefficient (Wildman–Crippen LogP) is 3.09. The molecule has 0 bridgehead atoms. The number of aryl methyl sites for hydroxylation is 2. The summed E-state index contributed by atoms with van der Waals surface area (Å²) in [4.78, 5) is 9.11. The first-order valence-electron chi connectivity index (χ1n) is 9.78. The molecule has 1 saturated heterocycles. The summed E-state index contributed by atoms with van der Waals surface area (Å²) in [5.41, 5.74) is 5.03. The lowest BCUT2D eigenvalue weighted by Crippen LogP contribution is -2.41. The van der Waals surface area contributed by atoms with Gasteiger partial charge in [0.1, 0.15) is 5.75 Å². The second kappa shape index (κ2) is 9.72. The van der Waals surface area contributed by atoms with E-state index in [4.69, 9.17) is 9.47 Å². The number of para-hydroxylation sites is 1. The van der Waals surface area contributed by atoms with E-state index in [1.54, 1.807) is 13.3 Å². The van der Waals surface area contributed by atoms with Crippen molar-refractivity contribution in [3.05, 3.63) is 53.3 Å². The van der Waals surface area contributed by atoms with Gasteiger partial charge in [-0.3, -0.25) is 9.88 Å². The number of rotatable bonds is 4. The molecule has 0 aliphatic carbocycles. The minimum absolute atomic E-state index is 0.891. The summed E-state index contributed by atoms with van der Waals surface area (Å²) in [5, 5.41) is 0. The van der Waals surface area contributed by atoms with Crippen LogP contribution >= 0.6 is 0 Å². The molecular weight excluding hydrogens is 338 g/mol. The summed E-state index contributed by atoms with van der Waals surface area (Å²) in [6, 6.07) is 10.7. The maximum absolute atomic E-state index is 5.37. The number of anilines is 1. The average Bonchev–Trinajstić information content (AvgIpc) is 3.11. The molecule has 4 rings (SSSR count). The summed E-state index contributed by atoms with van der Waals surface area (Å²) in [6.45, 7) is 11.4. The first-order chi connectivity index (χ1) is 13.2. The average molecular weight is 370 g/mol. The van der Waals surface area contributed by atoms with Crippen LogP contribution in [0.1, 0.15) is 16.8 Å². The maximum atomic E-state index is 5.37. The van der Waals surface area contributed by atoms with Gasteiger partial charge in [0.15, 0.2) is 0 Å². The first-order valence-corrected chi connectivity index (χ1v) is 9.78. The molecule has 0 radical (unpaired) electrons. The van der Waals surface area contributed by atoms with Gasteiger partial charge in [-0.1, -0.05) is 18.2 Å². The van der Waals surface area contributed by atoms with Crippen LogP contribution in [0.5, 0.6) is 5.75 Å². The monoisotopic (exact) mass is 369 g/mol. The molecule has 1 aromatic carbocycles. The molecular formula is C22H31N3O2. The number of morpholine rings is 1. The number of methoxy groups -OCH3 is 1. The number of benzene rings is 1. The Hall–Kier alpha value is -2.11. The molecule has 0 saturated carbocycles. The van der Waals surface area contributed by atoms with Gasteiger partial charge in [-0.2, -0.15) is 0 Å². The number of fused-ring (bicyclic) bond motifs is 1. The van der Waals surface area contributed by atoms with E-state index in [1.807, 2.05) is 19.9 Å². The van der Waals surface area contributed by atoms with E-state index in [0.717, 1.165) is 56.4 Å². The molecule has 5 nitrogen and oxygen atoms in total. The second-order valence-electron chi connectivity index (χ2n) is 7.07. The van der Waals surface area contributed by atoms with Crippen molar-refractivity contribution in [2.24, 2.45) is 0 Å². The largest absolute Gasteiger partial charge is 0.495 e. The molecule has 1 fully saturated rings. The van der Waals surface area contributed by atoms with Gasteiger partial charge < -0.3 is 14.4 Å². The highest BCUT2D eigenvalue weighted by molar-refractivity contribution is 5.57. The van der Waals surface area contributed by atoms with Crippen molar-refractivity contribution in [1.82, 2.24) is 9.88 Å². The summed E-state index contributed by atoms with van der Waals surface area (Å²) >= 11 is 0. The highest BCUT2D eigenvalue weighted by Crippen LogP contribution is 2.26. The molecule has 146 valence electrons. The fourth-order valence-corrected chi connectivity index (χ4v) is 3.71. The predicted molar refractivity (Wildman–Crippen MR) is 110 cm³/mol. The van der Waals surface area contributed by atoms with E-state index in [0.29, 0.717) is 0 Å².